The highest BCUT2D eigenvalue weighted by Crippen LogP contribution is 2.33. The van der Waals surface area contributed by atoms with Crippen LogP contribution in [0.1, 0.15) is 71.3 Å². The molecule has 0 spiro atoms. The molecule has 11 heteroatoms. The SMILES string of the molecule is CS(=O)(=O)N1CCc2c(c(-c3ccc(Cl)c(C#Cc4ccc(C(=O)NC[C@@H]5CCCN5)cc4)c3)nn2CCCN2CCCCC2)C1. The van der Waals surface area contributed by atoms with Crippen molar-refractivity contribution in [2.75, 3.05) is 45.5 Å². The van der Waals surface area contributed by atoms with Gasteiger partial charge >= 0.3 is 0 Å². The number of nitrogens with zero attached hydrogens (tertiary/aromatic N) is 4. The molecule has 0 saturated carbocycles. The third-order valence-corrected chi connectivity index (χ3v) is 10.8. The van der Waals surface area contributed by atoms with Gasteiger partial charge in [-0.3, -0.25) is 9.48 Å². The lowest BCUT2D eigenvalue weighted by atomic mass is 10.0. The predicted molar refractivity (Wildman–Crippen MR) is 182 cm³/mol. The van der Waals surface area contributed by atoms with Crippen molar-refractivity contribution in [2.24, 2.45) is 0 Å². The smallest absolute Gasteiger partial charge is 0.251 e. The maximum atomic E-state index is 12.6. The molecule has 2 N–H and O–H groups in total. The summed E-state index contributed by atoms with van der Waals surface area (Å²) >= 11 is 6.60. The van der Waals surface area contributed by atoms with Gasteiger partial charge in [0.1, 0.15) is 0 Å². The van der Waals surface area contributed by atoms with Crippen molar-refractivity contribution >= 4 is 27.5 Å². The van der Waals surface area contributed by atoms with E-state index in [0.29, 0.717) is 48.2 Å². The van der Waals surface area contributed by atoms with Gasteiger partial charge in [-0.1, -0.05) is 35.9 Å². The Balaban J connectivity index is 1.20. The summed E-state index contributed by atoms with van der Waals surface area (Å²) < 4.78 is 28.6. The second kappa shape index (κ2) is 14.7. The van der Waals surface area contributed by atoms with E-state index in [1.807, 2.05) is 30.3 Å². The monoisotopic (exact) mass is 662 g/mol. The zero-order chi connectivity index (χ0) is 32.1. The Bertz CT molecular complexity index is 1710. The van der Waals surface area contributed by atoms with Crippen LogP contribution in [-0.2, 0) is 29.5 Å². The third-order valence-electron chi connectivity index (χ3n) is 9.26. The fraction of sp³-hybridized carbons (Fsp3) is 0.486. The van der Waals surface area contributed by atoms with E-state index in [1.54, 1.807) is 12.1 Å². The van der Waals surface area contributed by atoms with Gasteiger partial charge in [0, 0.05) is 72.2 Å². The molecule has 3 aliphatic heterocycles. The number of carbonyl (C=O) groups is 1. The van der Waals surface area contributed by atoms with Crippen LogP contribution in [0.5, 0.6) is 0 Å². The Labute approximate surface area is 277 Å². The number of amides is 1. The second-order valence-electron chi connectivity index (χ2n) is 12.6. The first-order valence-corrected chi connectivity index (χ1v) is 18.7. The molecular weight excluding hydrogens is 620 g/mol. The molecule has 1 aromatic heterocycles. The summed E-state index contributed by atoms with van der Waals surface area (Å²) in [4.78, 5) is 15.1. The molecule has 4 heterocycles. The number of fused-ring (bicyclic) bond motifs is 1. The van der Waals surface area contributed by atoms with Crippen LogP contribution < -0.4 is 10.6 Å². The molecular formula is C35H43ClN6O3S. The van der Waals surface area contributed by atoms with Gasteiger partial charge in [-0.25, -0.2) is 8.42 Å². The standard InChI is InChI=1S/C35H43ClN6O3S/c1-46(44,45)41-22-16-33-31(25-41)34(39-42(33)21-6-20-40-18-3-2-4-19-40)29-14-15-32(36)28(23-29)13-10-26-8-11-27(12-9-26)35(43)38-24-30-7-5-17-37-30/h8-9,11-12,14-15,23,30,37H,2-7,16-22,24-25H2,1H3,(H,38,43)/t30-/m0/s1. The first-order chi connectivity index (χ1) is 22.2. The maximum absolute atomic E-state index is 12.6. The number of halogens is 1. The highest BCUT2D eigenvalue weighted by molar-refractivity contribution is 7.88. The molecule has 46 heavy (non-hydrogen) atoms. The number of nitrogens with one attached hydrogen (secondary N) is 2. The largest absolute Gasteiger partial charge is 0.350 e. The molecule has 0 radical (unpaired) electrons. The van der Waals surface area contributed by atoms with E-state index in [2.05, 4.69) is 32.1 Å². The topological polar surface area (TPSA) is 99.6 Å². The van der Waals surface area contributed by atoms with E-state index in [1.165, 1.54) is 29.8 Å². The quantitative estimate of drug-likeness (QED) is 0.332. The number of hydrogen-bond acceptors (Lipinski definition) is 6. The number of aryl methyl sites for hydroxylation is 1. The summed E-state index contributed by atoms with van der Waals surface area (Å²) in [6, 6.07) is 13.3. The Morgan fingerprint density at radius 3 is 2.59 bits per heavy atom. The molecule has 0 unspecified atom stereocenters. The van der Waals surface area contributed by atoms with Gasteiger partial charge in [0.25, 0.3) is 5.91 Å². The summed E-state index contributed by atoms with van der Waals surface area (Å²) in [5, 5.41) is 12.0. The van der Waals surface area contributed by atoms with E-state index >= 15 is 0 Å². The van der Waals surface area contributed by atoms with Crippen LogP contribution in [0.25, 0.3) is 11.3 Å². The van der Waals surface area contributed by atoms with Gasteiger partial charge in [0.15, 0.2) is 0 Å². The second-order valence-corrected chi connectivity index (χ2v) is 15.0. The molecule has 0 aliphatic carbocycles. The lowest BCUT2D eigenvalue weighted by Crippen LogP contribution is -2.37. The lowest BCUT2D eigenvalue weighted by molar-refractivity contribution is 0.0950. The summed E-state index contributed by atoms with van der Waals surface area (Å²) in [5.41, 5.74) is 5.74. The first kappa shape index (κ1) is 32.7. The van der Waals surface area contributed by atoms with Crippen molar-refractivity contribution in [1.82, 2.24) is 29.6 Å². The Morgan fingerprint density at radius 2 is 1.85 bits per heavy atom. The van der Waals surface area contributed by atoms with Crippen molar-refractivity contribution in [3.8, 4) is 23.1 Å². The summed E-state index contributed by atoms with van der Waals surface area (Å²) in [7, 11) is -3.34. The zero-order valence-corrected chi connectivity index (χ0v) is 28.1. The van der Waals surface area contributed by atoms with Gasteiger partial charge < -0.3 is 15.5 Å². The molecule has 1 amide bonds. The average molecular weight is 663 g/mol. The molecule has 9 nitrogen and oxygen atoms in total. The number of piperidine rings is 1. The van der Waals surface area contributed by atoms with Gasteiger partial charge in [-0.15, -0.1) is 0 Å². The normalized spacial score (nSPS) is 19.0. The van der Waals surface area contributed by atoms with Gasteiger partial charge in [0.05, 0.1) is 17.0 Å². The number of rotatable bonds is 9. The van der Waals surface area contributed by atoms with Crippen LogP contribution >= 0.6 is 11.6 Å². The van der Waals surface area contributed by atoms with Gasteiger partial charge in [-0.2, -0.15) is 9.40 Å². The Kier molecular flexibility index (Phi) is 10.5. The third kappa shape index (κ3) is 8.01. The average Bonchev–Trinajstić information content (AvgIpc) is 3.72. The van der Waals surface area contributed by atoms with E-state index in [0.717, 1.165) is 80.1 Å². The highest BCUT2D eigenvalue weighted by Gasteiger charge is 2.30. The zero-order valence-electron chi connectivity index (χ0n) is 26.5. The van der Waals surface area contributed by atoms with Crippen LogP contribution in [0.3, 0.4) is 0 Å². The minimum Gasteiger partial charge on any atom is -0.350 e. The van der Waals surface area contributed by atoms with Crippen LogP contribution in [0, 0.1) is 11.8 Å². The first-order valence-electron chi connectivity index (χ1n) is 16.4. The van der Waals surface area contributed by atoms with Crippen molar-refractivity contribution in [3.05, 3.63) is 75.4 Å². The molecule has 3 aromatic rings. The number of hydrogen-bond donors (Lipinski definition) is 2. The van der Waals surface area contributed by atoms with Crippen molar-refractivity contribution < 1.29 is 13.2 Å². The predicted octanol–water partition coefficient (Wildman–Crippen LogP) is 4.28. The summed E-state index contributed by atoms with van der Waals surface area (Å²) in [6.45, 7) is 6.56. The van der Waals surface area contributed by atoms with Crippen molar-refractivity contribution in [2.45, 2.75) is 64.1 Å². The van der Waals surface area contributed by atoms with Crippen LogP contribution in [0.15, 0.2) is 42.5 Å². The van der Waals surface area contributed by atoms with Crippen LogP contribution in [0.4, 0.5) is 0 Å². The molecule has 2 saturated heterocycles. The van der Waals surface area contributed by atoms with Crippen molar-refractivity contribution in [1.29, 1.82) is 0 Å². The molecule has 244 valence electrons. The van der Waals surface area contributed by atoms with Crippen LogP contribution in [0.2, 0.25) is 5.02 Å². The van der Waals surface area contributed by atoms with Gasteiger partial charge in [0.2, 0.25) is 10.0 Å². The number of likely N-dealkylation sites (tertiary alicyclic amines) is 1. The molecule has 1 atom stereocenters. The minimum atomic E-state index is -3.34. The lowest BCUT2D eigenvalue weighted by Gasteiger charge is -2.27. The number of aromatic nitrogens is 2. The number of sulfonamides is 1. The highest BCUT2D eigenvalue weighted by atomic mass is 35.5. The fourth-order valence-electron chi connectivity index (χ4n) is 6.65. The number of carbonyl (C=O) groups excluding carboxylic acids is 1. The fourth-order valence-corrected chi connectivity index (χ4v) is 7.61. The number of benzene rings is 2. The minimum absolute atomic E-state index is 0.0901. The van der Waals surface area contributed by atoms with Gasteiger partial charge in [-0.05, 0) is 94.7 Å². The van der Waals surface area contributed by atoms with Crippen LogP contribution in [-0.4, -0.2) is 84.9 Å². The Hall–Kier alpha value is -3.20. The molecule has 2 aromatic carbocycles. The molecule has 0 bridgehead atoms. The van der Waals surface area contributed by atoms with E-state index < -0.39 is 10.0 Å². The van der Waals surface area contributed by atoms with Crippen molar-refractivity contribution in [3.63, 3.8) is 0 Å². The molecule has 2 fully saturated rings. The summed E-state index contributed by atoms with van der Waals surface area (Å²) in [6.07, 6.45) is 8.98. The molecule has 6 rings (SSSR count). The van der Waals surface area contributed by atoms with E-state index in [-0.39, 0.29) is 5.91 Å². The maximum Gasteiger partial charge on any atom is 0.251 e. The van der Waals surface area contributed by atoms with E-state index in [4.69, 9.17) is 16.7 Å². The molecule has 3 aliphatic rings. The van der Waals surface area contributed by atoms with E-state index in [9.17, 15) is 13.2 Å². The summed E-state index contributed by atoms with van der Waals surface area (Å²) in [5.74, 6) is 6.30. The Morgan fingerprint density at radius 1 is 1.04 bits per heavy atom.